The fourth-order valence-corrected chi connectivity index (χ4v) is 3.24. The number of fused-ring (bicyclic) bond motifs is 1. The van der Waals surface area contributed by atoms with Gasteiger partial charge in [-0.1, -0.05) is 0 Å². The van der Waals surface area contributed by atoms with Crippen molar-refractivity contribution in [2.24, 2.45) is 0 Å². The number of hydrogen-bond donors (Lipinski definition) is 2. The molecule has 2 saturated heterocycles. The summed E-state index contributed by atoms with van der Waals surface area (Å²) in [6.45, 7) is 4.31. The van der Waals surface area contributed by atoms with Gasteiger partial charge >= 0.3 is 7.75 Å². The third-order valence-corrected chi connectivity index (χ3v) is 4.03. The van der Waals surface area contributed by atoms with Crippen molar-refractivity contribution in [1.29, 1.82) is 0 Å². The van der Waals surface area contributed by atoms with E-state index in [4.69, 9.17) is 21.8 Å². The van der Waals surface area contributed by atoms with Crippen LogP contribution in [-0.2, 0) is 18.6 Å². The van der Waals surface area contributed by atoms with Crippen LogP contribution in [0.5, 0.6) is 0 Å². The smallest absolute Gasteiger partial charge is 0.376 e. The Morgan fingerprint density at radius 1 is 1.71 bits per heavy atom. The fraction of sp³-hybridized carbons (Fsp3) is 1.00. The van der Waals surface area contributed by atoms with Gasteiger partial charge in [-0.15, -0.1) is 0 Å². The molecule has 0 aromatic carbocycles. The Morgan fingerprint density at radius 3 is 3.06 bits per heavy atom. The third kappa shape index (κ3) is 2.92. The van der Waals surface area contributed by atoms with Gasteiger partial charge in [0.05, 0.1) is 12.7 Å². The molecule has 1 unspecified atom stereocenters. The zero-order chi connectivity index (χ0) is 12.7. The van der Waals surface area contributed by atoms with Gasteiger partial charge in [0.15, 0.2) is 0 Å². The van der Waals surface area contributed by atoms with E-state index in [-0.39, 0.29) is 19.3 Å². The molecule has 0 saturated carbocycles. The molecule has 2 N–H and O–H groups in total. The second kappa shape index (κ2) is 4.65. The molecule has 0 aliphatic carbocycles. The molecule has 2 aliphatic heterocycles. The normalized spacial score (nSPS) is 46.1. The van der Waals surface area contributed by atoms with Gasteiger partial charge in [0, 0.05) is 12.5 Å². The van der Waals surface area contributed by atoms with E-state index in [0.29, 0.717) is 6.42 Å². The lowest BCUT2D eigenvalue weighted by Crippen LogP contribution is -2.55. The molecule has 4 atom stereocenters. The first-order valence-corrected chi connectivity index (χ1v) is 7.22. The summed E-state index contributed by atoms with van der Waals surface area (Å²) in [7, 11) is 2.00. The summed E-state index contributed by atoms with van der Waals surface area (Å²) in [6, 6.07) is -0.490. The number of rotatable bonds is 3. The standard InChI is InChI=1S/C9H17BNO5P/c1-6(2)14-5-9-4-11-17(12,13)16-7(9)3-8(10)15-9/h6-8H,3-5H2,1-2H3,(H2,11,12,13)/t7-,8-,9-/m1/s1. The van der Waals surface area contributed by atoms with Gasteiger partial charge in [-0.25, -0.2) is 9.65 Å². The maximum Gasteiger partial charge on any atom is 0.403 e. The summed E-state index contributed by atoms with van der Waals surface area (Å²) in [5.74, 6) is 0. The zero-order valence-corrected chi connectivity index (χ0v) is 10.9. The molecule has 0 amide bonds. The predicted octanol–water partition coefficient (Wildman–Crippen LogP) is 0.154. The van der Waals surface area contributed by atoms with Crippen LogP contribution < -0.4 is 5.09 Å². The second-order valence-corrected chi connectivity index (χ2v) is 6.33. The highest BCUT2D eigenvalue weighted by molar-refractivity contribution is 7.50. The Hall–Kier alpha value is 0.0949. The van der Waals surface area contributed by atoms with Crippen LogP contribution in [0, 0.1) is 0 Å². The highest BCUT2D eigenvalue weighted by Gasteiger charge is 2.54. The molecule has 8 heteroatoms. The first kappa shape index (κ1) is 13.5. The first-order valence-electron chi connectivity index (χ1n) is 5.64. The SMILES string of the molecule is [B][C@H]1C[C@H]2OP(=O)(O)NC[C@]2(COC(C)C)O1. The predicted molar refractivity (Wildman–Crippen MR) is 61.8 cm³/mol. The number of hydrogen-bond acceptors (Lipinski definition) is 4. The van der Waals surface area contributed by atoms with Gasteiger partial charge in [-0.3, -0.25) is 4.52 Å². The summed E-state index contributed by atoms with van der Waals surface area (Å²) in [6.07, 6.45) is -0.0603. The first-order chi connectivity index (χ1) is 7.83. The largest absolute Gasteiger partial charge is 0.403 e. The van der Waals surface area contributed by atoms with E-state index < -0.39 is 25.5 Å². The van der Waals surface area contributed by atoms with Crippen molar-refractivity contribution in [1.82, 2.24) is 5.09 Å². The van der Waals surface area contributed by atoms with Gasteiger partial charge in [0.1, 0.15) is 19.6 Å². The molecule has 2 aliphatic rings. The average molecular weight is 261 g/mol. The van der Waals surface area contributed by atoms with Crippen molar-refractivity contribution < 1.29 is 23.5 Å². The summed E-state index contributed by atoms with van der Waals surface area (Å²) in [5, 5.41) is 2.44. The molecule has 96 valence electrons. The van der Waals surface area contributed by atoms with Crippen LogP contribution >= 0.6 is 7.75 Å². The summed E-state index contributed by atoms with van der Waals surface area (Å²) in [4.78, 5) is 9.38. The van der Waals surface area contributed by atoms with E-state index >= 15 is 0 Å². The molecule has 2 fully saturated rings. The van der Waals surface area contributed by atoms with Gasteiger partial charge in [-0.05, 0) is 20.3 Å². The highest BCUT2D eigenvalue weighted by atomic mass is 31.2. The van der Waals surface area contributed by atoms with Crippen LogP contribution in [0.25, 0.3) is 0 Å². The Morgan fingerprint density at radius 2 is 2.41 bits per heavy atom. The molecular formula is C9H17BNO5P. The molecule has 17 heavy (non-hydrogen) atoms. The Balaban J connectivity index is 2.10. The molecule has 0 aromatic rings. The van der Waals surface area contributed by atoms with Crippen LogP contribution in [-0.4, -0.2) is 49.7 Å². The third-order valence-electron chi connectivity index (χ3n) is 2.93. The topological polar surface area (TPSA) is 77.0 Å². The molecule has 0 aromatic heterocycles. The van der Waals surface area contributed by atoms with Crippen molar-refractivity contribution in [3.8, 4) is 0 Å². The van der Waals surface area contributed by atoms with E-state index in [2.05, 4.69) is 5.09 Å². The number of ether oxygens (including phenoxy) is 2. The molecule has 2 heterocycles. The molecule has 0 bridgehead atoms. The zero-order valence-electron chi connectivity index (χ0n) is 9.96. The van der Waals surface area contributed by atoms with Crippen molar-refractivity contribution in [3.63, 3.8) is 0 Å². The van der Waals surface area contributed by atoms with E-state index in [1.54, 1.807) is 0 Å². The van der Waals surface area contributed by atoms with Crippen LogP contribution in [0.15, 0.2) is 0 Å². The highest BCUT2D eigenvalue weighted by Crippen LogP contribution is 2.49. The van der Waals surface area contributed by atoms with Gasteiger partial charge in [0.2, 0.25) is 0 Å². The van der Waals surface area contributed by atoms with E-state index in [9.17, 15) is 9.46 Å². The van der Waals surface area contributed by atoms with Gasteiger partial charge in [0.25, 0.3) is 0 Å². The lowest BCUT2D eigenvalue weighted by Gasteiger charge is -2.39. The lowest BCUT2D eigenvalue weighted by molar-refractivity contribution is -0.124. The van der Waals surface area contributed by atoms with Gasteiger partial charge in [-0.2, -0.15) is 0 Å². The van der Waals surface area contributed by atoms with E-state index in [1.807, 2.05) is 13.8 Å². The van der Waals surface area contributed by atoms with Crippen molar-refractivity contribution >= 4 is 15.6 Å². The van der Waals surface area contributed by atoms with Crippen LogP contribution in [0.3, 0.4) is 0 Å². The quantitative estimate of drug-likeness (QED) is 0.556. The summed E-state index contributed by atoms with van der Waals surface area (Å²) < 4.78 is 27.7. The van der Waals surface area contributed by atoms with Crippen LogP contribution in [0.2, 0.25) is 0 Å². The Labute approximate surface area is 102 Å². The van der Waals surface area contributed by atoms with Crippen molar-refractivity contribution in [3.05, 3.63) is 0 Å². The molecule has 6 nitrogen and oxygen atoms in total. The fourth-order valence-electron chi connectivity index (χ4n) is 2.08. The van der Waals surface area contributed by atoms with Crippen molar-refractivity contribution in [2.45, 2.75) is 44.1 Å². The Kier molecular flexibility index (Phi) is 3.70. The van der Waals surface area contributed by atoms with Crippen LogP contribution in [0.4, 0.5) is 0 Å². The molecule has 2 radical (unpaired) electrons. The van der Waals surface area contributed by atoms with Crippen LogP contribution in [0.1, 0.15) is 20.3 Å². The Bertz CT molecular complexity index is 341. The maximum absolute atomic E-state index is 11.4. The molecular weight excluding hydrogens is 244 g/mol. The van der Waals surface area contributed by atoms with Crippen molar-refractivity contribution in [2.75, 3.05) is 13.2 Å². The summed E-state index contributed by atoms with van der Waals surface area (Å²) >= 11 is 0. The maximum atomic E-state index is 11.4. The second-order valence-electron chi connectivity index (χ2n) is 4.77. The minimum Gasteiger partial charge on any atom is -0.376 e. The number of nitrogens with one attached hydrogen (secondary N) is 1. The van der Waals surface area contributed by atoms with Gasteiger partial charge < -0.3 is 14.4 Å². The monoisotopic (exact) mass is 261 g/mol. The molecule has 0 spiro atoms. The summed E-state index contributed by atoms with van der Waals surface area (Å²) in [5.41, 5.74) is -0.764. The minimum atomic E-state index is -3.71. The minimum absolute atomic E-state index is 0.0494. The average Bonchev–Trinajstić information content (AvgIpc) is 2.50. The van der Waals surface area contributed by atoms with E-state index in [0.717, 1.165) is 0 Å². The lowest BCUT2D eigenvalue weighted by atomic mass is 9.92. The van der Waals surface area contributed by atoms with E-state index in [1.165, 1.54) is 0 Å². The molecule has 2 rings (SSSR count).